The summed E-state index contributed by atoms with van der Waals surface area (Å²) < 4.78 is 2.27. The van der Waals surface area contributed by atoms with E-state index in [1.54, 1.807) is 0 Å². The fraction of sp³-hybridized carbons (Fsp3) is 0.115. The average Bonchev–Trinajstić information content (AvgIpc) is 3.70. The van der Waals surface area contributed by atoms with E-state index >= 15 is 0 Å². The van der Waals surface area contributed by atoms with Gasteiger partial charge in [0.25, 0.3) is 0 Å². The summed E-state index contributed by atoms with van der Waals surface area (Å²) in [4.78, 5) is 10.6. The summed E-state index contributed by atoms with van der Waals surface area (Å²) in [5.74, 6) is 0.880. The third-order valence-electron chi connectivity index (χ3n) is 12.3. The first kappa shape index (κ1) is 44.1. The van der Waals surface area contributed by atoms with Gasteiger partial charge < -0.3 is 5.11 Å². The first-order chi connectivity index (χ1) is 31.6. The second-order valence-corrected chi connectivity index (χ2v) is 18.1. The van der Waals surface area contributed by atoms with Crippen LogP contribution in [0.3, 0.4) is 0 Å². The largest absolute Gasteiger partial charge is 0.507 e. The zero-order chi connectivity index (χ0) is 44.7. The van der Waals surface area contributed by atoms with Crippen molar-refractivity contribution in [2.24, 2.45) is 0 Å². The molecule has 5 heteroatoms. The number of phenols is 1. The number of imidazole rings is 1. The minimum absolute atomic E-state index is 0. The Hall–Kier alpha value is -7.13. The van der Waals surface area contributed by atoms with E-state index in [1.807, 2.05) is 30.5 Å². The first-order valence-electron chi connectivity index (χ1n) is 22.3. The van der Waals surface area contributed by atoms with Crippen LogP contribution in [0, 0.1) is 19.9 Å². The number of aromatic nitrogens is 3. The third kappa shape index (κ3) is 8.70. The van der Waals surface area contributed by atoms with E-state index in [9.17, 15) is 5.11 Å². The van der Waals surface area contributed by atoms with Crippen molar-refractivity contribution < 1.29 is 26.2 Å². The standard InChI is InChI=1S/C61H50N3O.Pt/c1-40-32-41(2)34-42(33-40)35-43-36-48(38-49(37-43)55-39-47(30-31-62-55)44-18-9-6-10-19-44)50-24-17-29-56-57(50)63-60(53-27-16-28-54(59(53)65)61(3,4)5)64(56)58-51(45-20-11-7-12-21-45)25-15-26-52(58)46-22-13-8-14-23-46;/h6-34,36-37,39,65H,35H2,1-5H3;/q-1;. The number of para-hydroxylation sites is 3. The van der Waals surface area contributed by atoms with Crippen LogP contribution in [0.2, 0.25) is 0 Å². The van der Waals surface area contributed by atoms with E-state index in [0.29, 0.717) is 11.4 Å². The van der Waals surface area contributed by atoms with Crippen molar-refractivity contribution in [3.05, 3.63) is 228 Å². The zero-order valence-corrected chi connectivity index (χ0v) is 40.1. The monoisotopic (exact) mass is 1040 g/mol. The van der Waals surface area contributed by atoms with E-state index in [1.165, 1.54) is 16.7 Å². The number of aryl methyl sites for hydroxylation is 2. The zero-order valence-electron chi connectivity index (χ0n) is 37.8. The number of nitrogens with zero attached hydrogens (tertiary/aromatic N) is 3. The Balaban J connectivity index is 0.00000548. The number of hydrogen-bond acceptors (Lipinski definition) is 3. The summed E-state index contributed by atoms with van der Waals surface area (Å²) in [5, 5.41) is 12.3. The van der Waals surface area contributed by atoms with Crippen molar-refractivity contribution in [3.8, 4) is 78.6 Å². The van der Waals surface area contributed by atoms with Gasteiger partial charge in [0.1, 0.15) is 11.6 Å². The molecular weight excluding hydrogens is 986 g/mol. The molecule has 0 aliphatic carbocycles. The van der Waals surface area contributed by atoms with Crippen molar-refractivity contribution in [2.75, 3.05) is 0 Å². The number of benzene rings is 8. The molecule has 10 aromatic rings. The smallest absolute Gasteiger partial charge is 0.148 e. The summed E-state index contributed by atoms with van der Waals surface area (Å²) in [6.07, 6.45) is 2.63. The van der Waals surface area contributed by atoms with Crippen LogP contribution in [0.4, 0.5) is 0 Å². The van der Waals surface area contributed by atoms with Crippen molar-refractivity contribution in [2.45, 2.75) is 46.5 Å². The second kappa shape index (κ2) is 18.4. The molecule has 2 heterocycles. The molecule has 0 atom stereocenters. The van der Waals surface area contributed by atoms with Crippen molar-refractivity contribution in [1.29, 1.82) is 0 Å². The van der Waals surface area contributed by atoms with Gasteiger partial charge in [0.05, 0.1) is 22.3 Å². The maximum absolute atomic E-state index is 12.3. The van der Waals surface area contributed by atoms with Crippen molar-refractivity contribution >= 4 is 11.0 Å². The molecule has 0 radical (unpaired) electrons. The van der Waals surface area contributed by atoms with E-state index in [2.05, 4.69) is 209 Å². The minimum Gasteiger partial charge on any atom is -0.507 e. The summed E-state index contributed by atoms with van der Waals surface area (Å²) in [6, 6.07) is 69.9. The van der Waals surface area contributed by atoms with Gasteiger partial charge in [-0.05, 0) is 77.3 Å². The van der Waals surface area contributed by atoms with Crippen LogP contribution in [0.5, 0.6) is 5.75 Å². The van der Waals surface area contributed by atoms with Gasteiger partial charge in [0.2, 0.25) is 0 Å². The van der Waals surface area contributed by atoms with Gasteiger partial charge in [-0.1, -0.05) is 201 Å². The van der Waals surface area contributed by atoms with Gasteiger partial charge in [0.15, 0.2) is 0 Å². The molecule has 1 N–H and O–H groups in total. The van der Waals surface area contributed by atoms with Crippen LogP contribution in [-0.4, -0.2) is 19.6 Å². The Morgan fingerprint density at radius 1 is 0.530 bits per heavy atom. The Labute approximate surface area is 402 Å². The van der Waals surface area contributed by atoms with Gasteiger partial charge in [-0.3, -0.25) is 9.55 Å². The molecule has 326 valence electrons. The van der Waals surface area contributed by atoms with Gasteiger partial charge in [-0.15, -0.1) is 29.3 Å². The molecule has 10 rings (SSSR count). The summed E-state index contributed by atoms with van der Waals surface area (Å²) in [7, 11) is 0. The normalized spacial score (nSPS) is 11.4. The Bertz CT molecular complexity index is 3270. The summed E-state index contributed by atoms with van der Waals surface area (Å²) in [5.41, 5.74) is 18.9. The fourth-order valence-electron chi connectivity index (χ4n) is 9.35. The SMILES string of the molecule is Cc1cc(C)cc(Cc2cc(-c3cc(-c4ccccc4)ccn3)[c-]c(-c3cccc4c3nc(-c3cccc(C(C)(C)C)c3O)n4-c3c(-c4ccccc4)cccc3-c3ccccc3)c2)c1.[Pt]. The van der Waals surface area contributed by atoms with Gasteiger partial charge in [0, 0.05) is 44.1 Å². The van der Waals surface area contributed by atoms with Gasteiger partial charge in [-0.2, -0.15) is 0 Å². The molecule has 0 fully saturated rings. The minimum atomic E-state index is -0.313. The second-order valence-electron chi connectivity index (χ2n) is 18.1. The predicted octanol–water partition coefficient (Wildman–Crippen LogP) is 15.4. The van der Waals surface area contributed by atoms with Crippen LogP contribution < -0.4 is 0 Å². The quantitative estimate of drug-likeness (QED) is 0.147. The van der Waals surface area contributed by atoms with E-state index in [-0.39, 0.29) is 32.2 Å². The molecule has 2 aromatic heterocycles. The van der Waals surface area contributed by atoms with E-state index in [0.717, 1.165) is 90.0 Å². The summed E-state index contributed by atoms with van der Waals surface area (Å²) >= 11 is 0. The molecule has 0 spiro atoms. The maximum atomic E-state index is 12.3. The van der Waals surface area contributed by atoms with Crippen LogP contribution in [0.15, 0.2) is 194 Å². The average molecular weight is 1040 g/mol. The number of phenolic OH excluding ortho intramolecular Hbond substituents is 1. The topological polar surface area (TPSA) is 50.9 Å². The van der Waals surface area contributed by atoms with E-state index in [4.69, 9.17) is 9.97 Å². The maximum Gasteiger partial charge on any atom is 0.148 e. The van der Waals surface area contributed by atoms with Crippen molar-refractivity contribution in [1.82, 2.24) is 14.5 Å². The predicted molar refractivity (Wildman–Crippen MR) is 269 cm³/mol. The Morgan fingerprint density at radius 3 is 1.71 bits per heavy atom. The Morgan fingerprint density at radius 2 is 1.08 bits per heavy atom. The first-order valence-corrected chi connectivity index (χ1v) is 22.3. The molecule has 0 saturated carbocycles. The molecule has 0 bridgehead atoms. The molecule has 8 aromatic carbocycles. The number of pyridine rings is 1. The third-order valence-corrected chi connectivity index (χ3v) is 12.3. The molecule has 0 aliphatic heterocycles. The number of hydrogen-bond donors (Lipinski definition) is 1. The van der Waals surface area contributed by atoms with E-state index < -0.39 is 0 Å². The van der Waals surface area contributed by atoms with Crippen molar-refractivity contribution in [3.63, 3.8) is 0 Å². The fourth-order valence-corrected chi connectivity index (χ4v) is 9.35. The van der Waals surface area contributed by atoms with Gasteiger partial charge >= 0.3 is 0 Å². The number of aromatic hydroxyl groups is 1. The molecular formula is C61H50N3OPt-. The number of rotatable bonds is 9. The van der Waals surface area contributed by atoms with Crippen LogP contribution in [-0.2, 0) is 32.9 Å². The molecule has 0 aliphatic rings. The number of fused-ring (bicyclic) bond motifs is 1. The molecule has 4 nitrogen and oxygen atoms in total. The molecule has 0 unspecified atom stereocenters. The molecule has 66 heavy (non-hydrogen) atoms. The summed E-state index contributed by atoms with van der Waals surface area (Å²) in [6.45, 7) is 10.7. The van der Waals surface area contributed by atoms with Crippen LogP contribution in [0.25, 0.3) is 83.9 Å². The van der Waals surface area contributed by atoms with Crippen LogP contribution >= 0.6 is 0 Å². The molecule has 0 amide bonds. The molecule has 0 saturated heterocycles. The Kier molecular flexibility index (Phi) is 12.3. The van der Waals surface area contributed by atoms with Gasteiger partial charge in [-0.25, -0.2) is 4.98 Å². The van der Waals surface area contributed by atoms with Crippen LogP contribution in [0.1, 0.15) is 48.6 Å².